The van der Waals surface area contributed by atoms with E-state index < -0.39 is 0 Å². The van der Waals surface area contributed by atoms with Gasteiger partial charge in [0.05, 0.1) is 7.11 Å². The molecular formula is C25H38O4. The second-order valence-corrected chi connectivity index (χ2v) is 11.2. The van der Waals surface area contributed by atoms with Gasteiger partial charge in [0.1, 0.15) is 11.6 Å². The molecule has 4 nitrogen and oxygen atoms in total. The van der Waals surface area contributed by atoms with Crippen LogP contribution in [-0.2, 0) is 19.1 Å². The molecule has 0 radical (unpaired) electrons. The lowest BCUT2D eigenvalue weighted by Crippen LogP contribution is -2.56. The van der Waals surface area contributed by atoms with Crippen molar-refractivity contribution in [1.82, 2.24) is 0 Å². The van der Waals surface area contributed by atoms with Crippen LogP contribution in [0.3, 0.4) is 0 Å². The van der Waals surface area contributed by atoms with Crippen LogP contribution in [0.15, 0.2) is 0 Å². The van der Waals surface area contributed by atoms with E-state index in [9.17, 15) is 14.4 Å². The van der Waals surface area contributed by atoms with Crippen molar-refractivity contribution < 1.29 is 19.1 Å². The van der Waals surface area contributed by atoms with E-state index in [0.717, 1.165) is 12.8 Å². The molecule has 4 saturated carbocycles. The van der Waals surface area contributed by atoms with E-state index in [4.69, 9.17) is 4.74 Å². The topological polar surface area (TPSA) is 60.4 Å². The third-order valence-corrected chi connectivity index (χ3v) is 10.1. The minimum absolute atomic E-state index is 0.0227. The molecule has 4 aliphatic rings. The van der Waals surface area contributed by atoms with Gasteiger partial charge in [-0.15, -0.1) is 0 Å². The van der Waals surface area contributed by atoms with Crippen molar-refractivity contribution in [2.45, 2.75) is 85.0 Å². The van der Waals surface area contributed by atoms with Gasteiger partial charge in [-0.3, -0.25) is 14.4 Å². The van der Waals surface area contributed by atoms with E-state index in [1.54, 1.807) is 0 Å². The van der Waals surface area contributed by atoms with E-state index in [1.165, 1.54) is 32.8 Å². The zero-order valence-corrected chi connectivity index (χ0v) is 18.7. The van der Waals surface area contributed by atoms with Gasteiger partial charge in [0.2, 0.25) is 0 Å². The van der Waals surface area contributed by atoms with E-state index >= 15 is 0 Å². The van der Waals surface area contributed by atoms with Gasteiger partial charge in [-0.2, -0.15) is 0 Å². The summed E-state index contributed by atoms with van der Waals surface area (Å²) in [5, 5.41) is 0. The van der Waals surface area contributed by atoms with Crippen LogP contribution in [0.25, 0.3) is 0 Å². The predicted molar refractivity (Wildman–Crippen MR) is 111 cm³/mol. The summed E-state index contributed by atoms with van der Waals surface area (Å²) in [4.78, 5) is 36.8. The van der Waals surface area contributed by atoms with Crippen LogP contribution in [0, 0.1) is 46.3 Å². The SMILES string of the molecule is COC(=O)CC[C@@H](C)[C@H]1CC[C@H]2[C@@H]3CC(=O)[C@H]4CC(=O)CC[C@]4(C)[C@H]3CC[C@]12C. The Morgan fingerprint density at radius 1 is 1.07 bits per heavy atom. The number of carbonyl (C=O) groups excluding carboxylic acids is 3. The van der Waals surface area contributed by atoms with Crippen LogP contribution in [-0.4, -0.2) is 24.6 Å². The van der Waals surface area contributed by atoms with Crippen molar-refractivity contribution in [1.29, 1.82) is 0 Å². The Kier molecular flexibility index (Phi) is 5.44. The summed E-state index contributed by atoms with van der Waals surface area (Å²) in [6.45, 7) is 7.11. The second-order valence-electron chi connectivity index (χ2n) is 11.2. The monoisotopic (exact) mass is 402 g/mol. The lowest BCUT2D eigenvalue weighted by molar-refractivity contribution is -0.159. The molecular weight excluding hydrogens is 364 g/mol. The molecule has 0 saturated heterocycles. The first kappa shape index (κ1) is 21.1. The number of methoxy groups -OCH3 is 1. The maximum absolute atomic E-state index is 13.1. The summed E-state index contributed by atoms with van der Waals surface area (Å²) in [6.07, 6.45) is 9.04. The molecule has 4 fully saturated rings. The minimum Gasteiger partial charge on any atom is -0.469 e. The molecule has 29 heavy (non-hydrogen) atoms. The summed E-state index contributed by atoms with van der Waals surface area (Å²) < 4.78 is 4.85. The smallest absolute Gasteiger partial charge is 0.305 e. The highest BCUT2D eigenvalue weighted by atomic mass is 16.5. The number of esters is 1. The van der Waals surface area contributed by atoms with Crippen LogP contribution in [0.2, 0.25) is 0 Å². The quantitative estimate of drug-likeness (QED) is 0.622. The van der Waals surface area contributed by atoms with Crippen molar-refractivity contribution in [2.75, 3.05) is 7.11 Å². The lowest BCUT2D eigenvalue weighted by Gasteiger charge is -2.59. The molecule has 162 valence electrons. The molecule has 0 amide bonds. The average Bonchev–Trinajstić information content (AvgIpc) is 3.05. The van der Waals surface area contributed by atoms with Crippen LogP contribution in [0.4, 0.5) is 0 Å². The molecule has 0 unspecified atom stereocenters. The van der Waals surface area contributed by atoms with Gasteiger partial charge in [-0.05, 0) is 78.9 Å². The zero-order chi connectivity index (χ0) is 21.0. The second kappa shape index (κ2) is 7.50. The number of ether oxygens (including phenoxy) is 1. The van der Waals surface area contributed by atoms with E-state index in [2.05, 4.69) is 20.8 Å². The Balaban J connectivity index is 1.53. The van der Waals surface area contributed by atoms with Crippen LogP contribution < -0.4 is 0 Å². The fraction of sp³-hybridized carbons (Fsp3) is 0.880. The Morgan fingerprint density at radius 2 is 1.79 bits per heavy atom. The number of rotatable bonds is 4. The van der Waals surface area contributed by atoms with Gasteiger partial charge in [-0.25, -0.2) is 0 Å². The highest BCUT2D eigenvalue weighted by Crippen LogP contribution is 2.67. The van der Waals surface area contributed by atoms with Gasteiger partial charge < -0.3 is 4.74 Å². The Labute approximate surface area is 175 Å². The zero-order valence-electron chi connectivity index (χ0n) is 18.7. The first-order chi connectivity index (χ1) is 13.7. The van der Waals surface area contributed by atoms with E-state index in [-0.39, 0.29) is 22.7 Å². The molecule has 0 aromatic carbocycles. The van der Waals surface area contributed by atoms with Crippen LogP contribution in [0.5, 0.6) is 0 Å². The van der Waals surface area contributed by atoms with E-state index in [0.29, 0.717) is 66.8 Å². The summed E-state index contributed by atoms with van der Waals surface area (Å²) in [5.74, 6) is 3.38. The highest BCUT2D eigenvalue weighted by molar-refractivity contribution is 5.90. The average molecular weight is 403 g/mol. The van der Waals surface area contributed by atoms with Crippen molar-refractivity contribution in [3.05, 3.63) is 0 Å². The maximum atomic E-state index is 13.1. The van der Waals surface area contributed by atoms with Gasteiger partial charge in [-0.1, -0.05) is 20.8 Å². The minimum atomic E-state index is -0.107. The van der Waals surface area contributed by atoms with Crippen LogP contribution >= 0.6 is 0 Å². The molecule has 4 heteroatoms. The van der Waals surface area contributed by atoms with Crippen LogP contribution in [0.1, 0.15) is 85.0 Å². The standard InChI is InChI=1S/C25H38O4/c1-15(5-8-23(28)29-4)18-6-7-19-17-14-22(27)21-13-16(26)9-11-25(21,3)20(17)10-12-24(18,19)2/h15,17-21H,5-14H2,1-4H3/t15-,17+,18-,19+,20+,21-,24-,25-/m1/s1. The fourth-order valence-electron chi connectivity index (χ4n) is 8.46. The molecule has 4 rings (SSSR count). The van der Waals surface area contributed by atoms with Gasteiger partial charge in [0, 0.05) is 31.6 Å². The summed E-state index contributed by atoms with van der Waals surface area (Å²) in [5.41, 5.74) is 0.314. The fourth-order valence-corrected chi connectivity index (χ4v) is 8.46. The summed E-state index contributed by atoms with van der Waals surface area (Å²) in [6, 6.07) is 0. The third-order valence-electron chi connectivity index (χ3n) is 10.1. The third kappa shape index (κ3) is 3.29. The molecule has 0 N–H and O–H groups in total. The van der Waals surface area contributed by atoms with Crippen molar-refractivity contribution in [3.63, 3.8) is 0 Å². The summed E-state index contributed by atoms with van der Waals surface area (Å²) >= 11 is 0. The Morgan fingerprint density at radius 3 is 2.52 bits per heavy atom. The Bertz CT molecular complexity index is 699. The molecule has 0 heterocycles. The number of carbonyl (C=O) groups is 3. The molecule has 0 aromatic rings. The number of Topliss-reactive ketones (excluding diaryl/α,β-unsaturated/α-hetero) is 2. The number of fused-ring (bicyclic) bond motifs is 5. The van der Waals surface area contributed by atoms with Crippen molar-refractivity contribution in [2.24, 2.45) is 46.3 Å². The highest BCUT2D eigenvalue weighted by Gasteiger charge is 2.62. The largest absolute Gasteiger partial charge is 0.469 e. The van der Waals surface area contributed by atoms with Gasteiger partial charge >= 0.3 is 5.97 Å². The van der Waals surface area contributed by atoms with E-state index in [1.807, 2.05) is 0 Å². The van der Waals surface area contributed by atoms with Gasteiger partial charge in [0.15, 0.2) is 0 Å². The molecule has 0 aromatic heterocycles. The predicted octanol–water partition coefficient (Wildman–Crippen LogP) is 4.98. The molecule has 4 aliphatic carbocycles. The molecule has 0 aliphatic heterocycles. The number of ketones is 2. The van der Waals surface area contributed by atoms with Crippen molar-refractivity contribution >= 4 is 17.5 Å². The first-order valence-electron chi connectivity index (χ1n) is 11.8. The summed E-state index contributed by atoms with van der Waals surface area (Å²) in [7, 11) is 1.47. The first-order valence-corrected chi connectivity index (χ1v) is 11.8. The normalized spacial score (nSPS) is 45.2. The molecule has 8 atom stereocenters. The lowest BCUT2D eigenvalue weighted by atomic mass is 9.44. The number of hydrogen-bond donors (Lipinski definition) is 0. The molecule has 0 spiro atoms. The molecule has 0 bridgehead atoms. The van der Waals surface area contributed by atoms with Gasteiger partial charge in [0.25, 0.3) is 0 Å². The maximum Gasteiger partial charge on any atom is 0.305 e. The Hall–Kier alpha value is -1.19. The van der Waals surface area contributed by atoms with Crippen molar-refractivity contribution in [3.8, 4) is 0 Å². The number of hydrogen-bond acceptors (Lipinski definition) is 4.